The van der Waals surface area contributed by atoms with E-state index in [1.54, 1.807) is 11.8 Å². The van der Waals surface area contributed by atoms with Gasteiger partial charge in [-0.2, -0.15) is 0 Å². The molecule has 0 fully saturated rings. The molecule has 2 nitrogen and oxygen atoms in total. The fourth-order valence-corrected chi connectivity index (χ4v) is 2.60. The molecule has 1 N–H and O–H groups in total. The zero-order chi connectivity index (χ0) is 10.7. The number of hydrogen-bond acceptors (Lipinski definition) is 3. The molecule has 0 radical (unpaired) electrons. The zero-order valence-electron chi connectivity index (χ0n) is 7.96. The van der Waals surface area contributed by atoms with E-state index in [4.69, 9.17) is 11.6 Å². The Hall–Kier alpha value is -0.190. The first-order valence-corrected chi connectivity index (χ1v) is 6.81. The maximum absolute atomic E-state index is 6.07. The summed E-state index contributed by atoms with van der Waals surface area (Å²) < 4.78 is 1.01. The van der Waals surface area contributed by atoms with Crippen molar-refractivity contribution in [3.63, 3.8) is 0 Å². The standard InChI is InChI=1S/C10H10BrClN2S/c11-7-2-3-8(12)9(6-7)14-10-13-4-1-5-15-10/h2-3,6H,1,4-5H2,(H,13,14). The molecule has 0 saturated heterocycles. The first-order chi connectivity index (χ1) is 7.25. The van der Waals surface area contributed by atoms with E-state index >= 15 is 0 Å². The highest BCUT2D eigenvalue weighted by atomic mass is 79.9. The number of amidine groups is 1. The van der Waals surface area contributed by atoms with E-state index in [0.29, 0.717) is 5.02 Å². The highest BCUT2D eigenvalue weighted by Crippen LogP contribution is 2.27. The molecule has 0 aromatic heterocycles. The van der Waals surface area contributed by atoms with Crippen LogP contribution in [-0.2, 0) is 0 Å². The van der Waals surface area contributed by atoms with Crippen LogP contribution in [0.2, 0.25) is 5.02 Å². The molecule has 1 heterocycles. The van der Waals surface area contributed by atoms with Crippen LogP contribution in [0.5, 0.6) is 0 Å². The Morgan fingerprint density at radius 3 is 3.07 bits per heavy atom. The van der Waals surface area contributed by atoms with Crippen molar-refractivity contribution in [1.82, 2.24) is 0 Å². The van der Waals surface area contributed by atoms with Crippen molar-refractivity contribution in [2.45, 2.75) is 6.42 Å². The van der Waals surface area contributed by atoms with E-state index in [1.165, 1.54) is 0 Å². The molecule has 0 spiro atoms. The minimum atomic E-state index is 0.715. The summed E-state index contributed by atoms with van der Waals surface area (Å²) in [6.45, 7) is 0.904. The first-order valence-electron chi connectivity index (χ1n) is 4.65. The maximum Gasteiger partial charge on any atom is 0.161 e. The van der Waals surface area contributed by atoms with E-state index < -0.39 is 0 Å². The number of nitrogens with zero attached hydrogens (tertiary/aromatic N) is 1. The molecule has 0 aliphatic carbocycles. The van der Waals surface area contributed by atoms with Crippen molar-refractivity contribution in [1.29, 1.82) is 0 Å². The van der Waals surface area contributed by atoms with Gasteiger partial charge in [-0.1, -0.05) is 39.3 Å². The number of halogens is 2. The van der Waals surface area contributed by atoms with Crippen LogP contribution < -0.4 is 5.32 Å². The Kier molecular flexibility index (Phi) is 3.94. The van der Waals surface area contributed by atoms with Gasteiger partial charge in [-0.3, -0.25) is 4.99 Å². The smallest absolute Gasteiger partial charge is 0.161 e. The lowest BCUT2D eigenvalue weighted by Crippen LogP contribution is -2.13. The highest BCUT2D eigenvalue weighted by molar-refractivity contribution is 9.10. The predicted octanol–water partition coefficient (Wildman–Crippen LogP) is 4.01. The average Bonchev–Trinajstić information content (AvgIpc) is 2.25. The minimum Gasteiger partial charge on any atom is -0.334 e. The molecule has 5 heteroatoms. The second kappa shape index (κ2) is 5.23. The molecular weight excluding hydrogens is 296 g/mol. The van der Waals surface area contributed by atoms with Gasteiger partial charge in [-0.05, 0) is 24.6 Å². The van der Waals surface area contributed by atoms with E-state index in [-0.39, 0.29) is 0 Å². The molecular formula is C10H10BrClN2S. The van der Waals surface area contributed by atoms with E-state index in [0.717, 1.165) is 34.0 Å². The molecule has 1 aliphatic heterocycles. The summed E-state index contributed by atoms with van der Waals surface area (Å²) in [7, 11) is 0. The number of aliphatic imine (C=N–C) groups is 1. The third-order valence-corrected chi connectivity index (χ3v) is 3.79. The summed E-state index contributed by atoms with van der Waals surface area (Å²) in [4.78, 5) is 4.39. The Bertz CT molecular complexity index is 395. The second-order valence-electron chi connectivity index (χ2n) is 3.14. The summed E-state index contributed by atoms with van der Waals surface area (Å²) in [5, 5.41) is 4.92. The largest absolute Gasteiger partial charge is 0.334 e. The summed E-state index contributed by atoms with van der Waals surface area (Å²) in [6, 6.07) is 5.74. The Morgan fingerprint density at radius 2 is 2.33 bits per heavy atom. The van der Waals surface area contributed by atoms with Gasteiger partial charge >= 0.3 is 0 Å². The number of hydrogen-bond donors (Lipinski definition) is 1. The third kappa shape index (κ3) is 3.13. The lowest BCUT2D eigenvalue weighted by Gasteiger charge is -2.14. The van der Waals surface area contributed by atoms with E-state index in [1.807, 2.05) is 18.2 Å². The molecule has 0 atom stereocenters. The number of rotatable bonds is 1. The fraction of sp³-hybridized carbons (Fsp3) is 0.300. The van der Waals surface area contributed by atoms with Gasteiger partial charge in [-0.25, -0.2) is 0 Å². The minimum absolute atomic E-state index is 0.715. The van der Waals surface area contributed by atoms with Crippen molar-refractivity contribution in [3.05, 3.63) is 27.7 Å². The van der Waals surface area contributed by atoms with Gasteiger partial charge in [0.05, 0.1) is 10.7 Å². The second-order valence-corrected chi connectivity index (χ2v) is 5.54. The van der Waals surface area contributed by atoms with Crippen LogP contribution in [0.15, 0.2) is 27.7 Å². The number of anilines is 1. The maximum atomic E-state index is 6.07. The monoisotopic (exact) mass is 304 g/mol. The van der Waals surface area contributed by atoms with Crippen LogP contribution in [0.25, 0.3) is 0 Å². The zero-order valence-corrected chi connectivity index (χ0v) is 11.1. The van der Waals surface area contributed by atoms with Crippen molar-refractivity contribution in [3.8, 4) is 0 Å². The van der Waals surface area contributed by atoms with Crippen LogP contribution >= 0.6 is 39.3 Å². The quantitative estimate of drug-likeness (QED) is 0.848. The lowest BCUT2D eigenvalue weighted by molar-refractivity contribution is 0.938. The number of thioether (sulfide) groups is 1. The SMILES string of the molecule is Clc1ccc(Br)cc1NC1=NCCCS1. The Balaban J connectivity index is 2.15. The fourth-order valence-electron chi connectivity index (χ4n) is 1.24. The van der Waals surface area contributed by atoms with Crippen molar-refractivity contribution < 1.29 is 0 Å². The van der Waals surface area contributed by atoms with E-state index in [9.17, 15) is 0 Å². The summed E-state index contributed by atoms with van der Waals surface area (Å²) in [5.41, 5.74) is 0.902. The van der Waals surface area contributed by atoms with Crippen molar-refractivity contribution in [2.24, 2.45) is 4.99 Å². The van der Waals surface area contributed by atoms with Crippen molar-refractivity contribution >= 4 is 50.1 Å². The molecule has 0 saturated carbocycles. The molecule has 0 unspecified atom stereocenters. The molecule has 15 heavy (non-hydrogen) atoms. The van der Waals surface area contributed by atoms with Gasteiger partial charge in [0.25, 0.3) is 0 Å². The van der Waals surface area contributed by atoms with Crippen molar-refractivity contribution in [2.75, 3.05) is 17.6 Å². The summed E-state index contributed by atoms with van der Waals surface area (Å²) in [5.74, 6) is 1.12. The molecule has 80 valence electrons. The topological polar surface area (TPSA) is 24.4 Å². The van der Waals surface area contributed by atoms with Crippen LogP contribution in [0, 0.1) is 0 Å². The normalized spacial score (nSPS) is 16.0. The van der Waals surface area contributed by atoms with Crippen LogP contribution in [-0.4, -0.2) is 17.5 Å². The average molecular weight is 306 g/mol. The van der Waals surface area contributed by atoms with Crippen LogP contribution in [0.4, 0.5) is 5.69 Å². The first kappa shape index (κ1) is 11.3. The molecule has 0 amide bonds. The molecule has 1 aromatic rings. The summed E-state index contributed by atoms with van der Waals surface area (Å²) in [6.07, 6.45) is 1.15. The molecule has 2 rings (SSSR count). The number of benzene rings is 1. The summed E-state index contributed by atoms with van der Waals surface area (Å²) >= 11 is 11.2. The van der Waals surface area contributed by atoms with Gasteiger partial charge in [0, 0.05) is 16.8 Å². The van der Waals surface area contributed by atoms with Gasteiger partial charge in [0.1, 0.15) is 0 Å². The Morgan fingerprint density at radius 1 is 1.47 bits per heavy atom. The molecule has 1 aliphatic rings. The van der Waals surface area contributed by atoms with Crippen LogP contribution in [0.1, 0.15) is 6.42 Å². The molecule has 0 bridgehead atoms. The predicted molar refractivity (Wildman–Crippen MR) is 72.2 cm³/mol. The van der Waals surface area contributed by atoms with Crippen LogP contribution in [0.3, 0.4) is 0 Å². The van der Waals surface area contributed by atoms with Gasteiger partial charge in [0.15, 0.2) is 5.17 Å². The van der Waals surface area contributed by atoms with Gasteiger partial charge in [-0.15, -0.1) is 0 Å². The van der Waals surface area contributed by atoms with E-state index in [2.05, 4.69) is 26.2 Å². The number of nitrogens with one attached hydrogen (secondary N) is 1. The lowest BCUT2D eigenvalue weighted by atomic mass is 10.3. The van der Waals surface area contributed by atoms with Gasteiger partial charge in [0.2, 0.25) is 0 Å². The highest BCUT2D eigenvalue weighted by Gasteiger charge is 2.08. The third-order valence-electron chi connectivity index (χ3n) is 1.97. The van der Waals surface area contributed by atoms with Gasteiger partial charge < -0.3 is 5.32 Å². The Labute approximate surface area is 107 Å². The molecule has 1 aromatic carbocycles.